The lowest BCUT2D eigenvalue weighted by atomic mass is 10.2. The molecule has 27 heavy (non-hydrogen) atoms. The van der Waals surface area contributed by atoms with E-state index in [4.69, 9.17) is 16.3 Å². The first-order chi connectivity index (χ1) is 13.1. The molecule has 0 fully saturated rings. The molecule has 0 radical (unpaired) electrons. The second kappa shape index (κ2) is 8.18. The maximum atomic E-state index is 13.1. The molecule has 0 saturated heterocycles. The fraction of sp³-hybridized carbons (Fsp3) is 0.263. The zero-order chi connectivity index (χ0) is 19.4. The van der Waals surface area contributed by atoms with Crippen LogP contribution in [0.5, 0.6) is 5.75 Å². The number of ether oxygens (including phenoxy) is 1. The summed E-state index contributed by atoms with van der Waals surface area (Å²) in [5.74, 6) is 0.626. The Morgan fingerprint density at radius 1 is 1.30 bits per heavy atom. The summed E-state index contributed by atoms with van der Waals surface area (Å²) in [6.45, 7) is 2.04. The van der Waals surface area contributed by atoms with Gasteiger partial charge in [-0.3, -0.25) is 9.69 Å². The van der Waals surface area contributed by atoms with Crippen LogP contribution in [0.4, 0.5) is 5.82 Å². The molecule has 2 aromatic heterocycles. The topological polar surface area (TPSA) is 73.1 Å². The smallest absolute Gasteiger partial charge is 0.281 e. The van der Waals surface area contributed by atoms with Gasteiger partial charge >= 0.3 is 0 Å². The van der Waals surface area contributed by atoms with E-state index in [0.29, 0.717) is 23.0 Å². The quantitative estimate of drug-likeness (QED) is 0.648. The fourth-order valence-corrected chi connectivity index (χ4v) is 2.98. The molecule has 0 N–H and O–H groups in total. The van der Waals surface area contributed by atoms with Gasteiger partial charge in [-0.15, -0.1) is 5.10 Å². The van der Waals surface area contributed by atoms with Gasteiger partial charge in [0.1, 0.15) is 0 Å². The minimum absolute atomic E-state index is 0.284. The Balaban J connectivity index is 2.02. The third kappa shape index (κ3) is 3.78. The SMILES string of the molecule is CCCc1c(C(=O)N(C)c2ncccc2OC)nnn1-c1cccc(Cl)c1. The van der Waals surface area contributed by atoms with Crippen molar-refractivity contribution in [2.45, 2.75) is 19.8 Å². The molecule has 0 aliphatic carbocycles. The standard InChI is InChI=1S/C19H20ClN5O2/c1-4-7-15-17(22-23-25(15)14-9-5-8-13(20)12-14)19(26)24(2)18-16(27-3)10-6-11-21-18/h5-6,8-12H,4,7H2,1-3H3. The number of hydrogen-bond donors (Lipinski definition) is 0. The van der Waals surface area contributed by atoms with Crippen molar-refractivity contribution in [3.63, 3.8) is 0 Å². The number of carbonyl (C=O) groups excluding carboxylic acids is 1. The number of pyridine rings is 1. The van der Waals surface area contributed by atoms with Gasteiger partial charge in [-0.2, -0.15) is 0 Å². The van der Waals surface area contributed by atoms with Crippen molar-refractivity contribution < 1.29 is 9.53 Å². The van der Waals surface area contributed by atoms with Crippen LogP contribution < -0.4 is 9.64 Å². The van der Waals surface area contributed by atoms with Crippen LogP contribution in [0.15, 0.2) is 42.6 Å². The molecule has 0 aliphatic rings. The average molecular weight is 386 g/mol. The molecule has 0 atom stereocenters. The third-order valence-corrected chi connectivity index (χ3v) is 4.33. The first-order valence-electron chi connectivity index (χ1n) is 8.54. The second-order valence-corrected chi connectivity index (χ2v) is 6.36. The number of aromatic nitrogens is 4. The van der Waals surface area contributed by atoms with E-state index in [1.54, 1.807) is 42.2 Å². The molecule has 0 bridgehead atoms. The number of rotatable bonds is 6. The van der Waals surface area contributed by atoms with Crippen LogP contribution in [0.1, 0.15) is 29.5 Å². The van der Waals surface area contributed by atoms with E-state index < -0.39 is 0 Å². The van der Waals surface area contributed by atoms with Gasteiger partial charge < -0.3 is 4.74 Å². The predicted molar refractivity (Wildman–Crippen MR) is 104 cm³/mol. The molecule has 8 heteroatoms. The zero-order valence-corrected chi connectivity index (χ0v) is 16.1. The summed E-state index contributed by atoms with van der Waals surface area (Å²) in [7, 11) is 3.18. The molecular formula is C19H20ClN5O2. The lowest BCUT2D eigenvalue weighted by Crippen LogP contribution is -2.29. The Labute approximate surface area is 162 Å². The fourth-order valence-electron chi connectivity index (χ4n) is 2.79. The van der Waals surface area contributed by atoms with Crippen LogP contribution in [0.2, 0.25) is 5.02 Å². The Hall–Kier alpha value is -2.93. The van der Waals surface area contributed by atoms with Crippen LogP contribution in [0, 0.1) is 0 Å². The lowest BCUT2D eigenvalue weighted by molar-refractivity contribution is 0.0986. The summed E-state index contributed by atoms with van der Waals surface area (Å²) in [6.07, 6.45) is 3.09. The molecule has 0 aliphatic heterocycles. The molecule has 0 saturated carbocycles. The Morgan fingerprint density at radius 3 is 2.81 bits per heavy atom. The highest BCUT2D eigenvalue weighted by molar-refractivity contribution is 6.30. The van der Waals surface area contributed by atoms with Gasteiger partial charge in [-0.25, -0.2) is 9.67 Å². The highest BCUT2D eigenvalue weighted by atomic mass is 35.5. The van der Waals surface area contributed by atoms with Gasteiger partial charge in [0.15, 0.2) is 17.3 Å². The number of hydrogen-bond acceptors (Lipinski definition) is 5. The summed E-state index contributed by atoms with van der Waals surface area (Å²) in [5, 5.41) is 8.94. The number of carbonyl (C=O) groups is 1. The number of benzene rings is 1. The Morgan fingerprint density at radius 2 is 2.11 bits per heavy atom. The van der Waals surface area contributed by atoms with Crippen LogP contribution in [0.3, 0.4) is 0 Å². The van der Waals surface area contributed by atoms with E-state index in [9.17, 15) is 4.79 Å². The molecule has 1 aromatic carbocycles. The number of anilines is 1. The van der Waals surface area contributed by atoms with Gasteiger partial charge in [0, 0.05) is 18.3 Å². The van der Waals surface area contributed by atoms with E-state index in [1.807, 2.05) is 19.1 Å². The minimum atomic E-state index is -0.302. The van der Waals surface area contributed by atoms with Crippen molar-refractivity contribution in [2.24, 2.45) is 0 Å². The number of halogens is 1. The summed E-state index contributed by atoms with van der Waals surface area (Å²) in [4.78, 5) is 18.8. The minimum Gasteiger partial charge on any atom is -0.493 e. The van der Waals surface area contributed by atoms with E-state index in [0.717, 1.165) is 17.8 Å². The van der Waals surface area contributed by atoms with Crippen LogP contribution >= 0.6 is 11.6 Å². The van der Waals surface area contributed by atoms with E-state index in [-0.39, 0.29) is 11.6 Å². The molecular weight excluding hydrogens is 366 g/mol. The second-order valence-electron chi connectivity index (χ2n) is 5.92. The zero-order valence-electron chi connectivity index (χ0n) is 15.4. The van der Waals surface area contributed by atoms with Gasteiger partial charge in [0.25, 0.3) is 5.91 Å². The molecule has 0 spiro atoms. The summed E-state index contributed by atoms with van der Waals surface area (Å²) < 4.78 is 6.96. The number of methoxy groups -OCH3 is 1. The first kappa shape index (κ1) is 18.8. The first-order valence-corrected chi connectivity index (χ1v) is 8.92. The van der Waals surface area contributed by atoms with Gasteiger partial charge in [-0.1, -0.05) is 36.2 Å². The van der Waals surface area contributed by atoms with E-state index >= 15 is 0 Å². The largest absolute Gasteiger partial charge is 0.493 e. The highest BCUT2D eigenvalue weighted by Gasteiger charge is 2.25. The van der Waals surface area contributed by atoms with Crippen molar-refractivity contribution in [3.8, 4) is 11.4 Å². The summed E-state index contributed by atoms with van der Waals surface area (Å²) >= 11 is 6.10. The van der Waals surface area contributed by atoms with Gasteiger partial charge in [0.05, 0.1) is 18.5 Å². The van der Waals surface area contributed by atoms with Gasteiger partial charge in [-0.05, 0) is 36.8 Å². The predicted octanol–water partition coefficient (Wildman–Crippen LogP) is 3.55. The van der Waals surface area contributed by atoms with E-state index in [2.05, 4.69) is 15.3 Å². The number of amides is 1. The summed E-state index contributed by atoms with van der Waals surface area (Å²) in [6, 6.07) is 10.8. The normalized spacial score (nSPS) is 10.7. The molecule has 0 unspecified atom stereocenters. The van der Waals surface area contributed by atoms with Crippen molar-refractivity contribution >= 4 is 23.3 Å². The van der Waals surface area contributed by atoms with Crippen LogP contribution in [-0.2, 0) is 6.42 Å². The number of nitrogens with zero attached hydrogens (tertiary/aromatic N) is 5. The van der Waals surface area contributed by atoms with Crippen molar-refractivity contribution in [1.29, 1.82) is 0 Å². The maximum absolute atomic E-state index is 13.1. The van der Waals surface area contributed by atoms with Crippen LogP contribution in [0.25, 0.3) is 5.69 Å². The molecule has 3 rings (SSSR count). The molecule has 140 valence electrons. The van der Waals surface area contributed by atoms with E-state index in [1.165, 1.54) is 12.0 Å². The van der Waals surface area contributed by atoms with Crippen LogP contribution in [-0.4, -0.2) is 40.0 Å². The summed E-state index contributed by atoms with van der Waals surface area (Å²) in [5.41, 5.74) is 1.77. The monoisotopic (exact) mass is 385 g/mol. The maximum Gasteiger partial charge on any atom is 0.281 e. The Kier molecular flexibility index (Phi) is 5.71. The van der Waals surface area contributed by atoms with Crippen molar-refractivity contribution in [1.82, 2.24) is 20.0 Å². The average Bonchev–Trinajstić information content (AvgIpc) is 3.10. The highest BCUT2D eigenvalue weighted by Crippen LogP contribution is 2.26. The molecule has 7 nitrogen and oxygen atoms in total. The molecule has 2 heterocycles. The van der Waals surface area contributed by atoms with Crippen molar-refractivity contribution in [3.05, 3.63) is 59.0 Å². The van der Waals surface area contributed by atoms with Crippen molar-refractivity contribution in [2.75, 3.05) is 19.1 Å². The molecule has 3 aromatic rings. The lowest BCUT2D eigenvalue weighted by Gasteiger charge is -2.18. The Bertz CT molecular complexity index is 957. The third-order valence-electron chi connectivity index (χ3n) is 4.10. The molecule has 1 amide bonds. The van der Waals surface area contributed by atoms with Gasteiger partial charge in [0.2, 0.25) is 0 Å².